The number of benzene rings is 1. The van der Waals surface area contributed by atoms with Crippen LogP contribution in [0.3, 0.4) is 0 Å². The maximum atomic E-state index is 12.9. The van der Waals surface area contributed by atoms with E-state index in [1.807, 2.05) is 32.0 Å². The Balaban J connectivity index is 2.17. The summed E-state index contributed by atoms with van der Waals surface area (Å²) in [5.41, 5.74) is 1.70. The number of rotatable bonds is 6. The quantitative estimate of drug-likeness (QED) is 0.875. The first-order valence-electron chi connectivity index (χ1n) is 8.02. The number of amides is 1. The van der Waals surface area contributed by atoms with E-state index in [0.29, 0.717) is 19.7 Å². The molecule has 0 aliphatic carbocycles. The molecule has 0 unspecified atom stereocenters. The molecule has 126 valence electrons. The molecule has 0 saturated carbocycles. The van der Waals surface area contributed by atoms with Gasteiger partial charge in [-0.3, -0.25) is 4.79 Å². The molecule has 1 aromatic carbocycles. The summed E-state index contributed by atoms with van der Waals surface area (Å²) in [4.78, 5) is 16.8. The summed E-state index contributed by atoms with van der Waals surface area (Å²) in [5, 5.41) is 9.63. The van der Waals surface area contributed by atoms with Crippen molar-refractivity contribution in [1.29, 1.82) is 0 Å². The number of likely N-dealkylation sites (N-methyl/N-ethyl adjacent to an activating group) is 1. The van der Waals surface area contributed by atoms with E-state index < -0.39 is 0 Å². The molecule has 0 spiro atoms. The average molecular weight is 318 g/mol. The standard InChI is InChI=1S/C18H26N2O3/c1-14-17(8-5-11-23-14)18(22)20(10-9-19(2)3)13-15-6-4-7-16(21)12-15/h4,6-7,12,21H,5,8-11,13H2,1-3H3. The van der Waals surface area contributed by atoms with Crippen molar-refractivity contribution in [3.05, 3.63) is 41.2 Å². The molecule has 5 heteroatoms. The normalized spacial score (nSPS) is 14.8. The van der Waals surface area contributed by atoms with Crippen molar-refractivity contribution < 1.29 is 14.6 Å². The maximum absolute atomic E-state index is 12.9. The van der Waals surface area contributed by atoms with Gasteiger partial charge in [0, 0.05) is 19.6 Å². The van der Waals surface area contributed by atoms with Gasteiger partial charge in [0.2, 0.25) is 0 Å². The predicted molar refractivity (Wildman–Crippen MR) is 90.0 cm³/mol. The van der Waals surface area contributed by atoms with Crippen LogP contribution in [-0.4, -0.2) is 54.6 Å². The second-order valence-corrected chi connectivity index (χ2v) is 6.19. The minimum absolute atomic E-state index is 0.0346. The molecule has 0 atom stereocenters. The Labute approximate surface area is 138 Å². The number of nitrogens with zero attached hydrogens (tertiary/aromatic N) is 2. The third-order valence-corrected chi connectivity index (χ3v) is 3.96. The van der Waals surface area contributed by atoms with Crippen LogP contribution in [-0.2, 0) is 16.1 Å². The molecule has 0 aromatic heterocycles. The number of carbonyl (C=O) groups excluding carboxylic acids is 1. The fourth-order valence-electron chi connectivity index (χ4n) is 2.63. The van der Waals surface area contributed by atoms with E-state index in [1.165, 1.54) is 0 Å². The Kier molecular flexibility index (Phi) is 6.04. The van der Waals surface area contributed by atoms with Crippen molar-refractivity contribution in [2.45, 2.75) is 26.3 Å². The highest BCUT2D eigenvalue weighted by molar-refractivity contribution is 5.94. The Morgan fingerprint density at radius 3 is 2.74 bits per heavy atom. The van der Waals surface area contributed by atoms with E-state index in [9.17, 15) is 9.90 Å². The van der Waals surface area contributed by atoms with Crippen molar-refractivity contribution in [2.75, 3.05) is 33.8 Å². The molecule has 0 radical (unpaired) electrons. The largest absolute Gasteiger partial charge is 0.508 e. The zero-order valence-electron chi connectivity index (χ0n) is 14.2. The Hall–Kier alpha value is -2.01. The first-order chi connectivity index (χ1) is 11.0. The Bertz CT molecular complexity index is 581. The van der Waals surface area contributed by atoms with Gasteiger partial charge >= 0.3 is 0 Å². The minimum atomic E-state index is 0.0346. The van der Waals surface area contributed by atoms with Gasteiger partial charge in [-0.05, 0) is 51.6 Å². The predicted octanol–water partition coefficient (Wildman–Crippen LogP) is 2.37. The van der Waals surface area contributed by atoms with Gasteiger partial charge in [0.25, 0.3) is 5.91 Å². The fourth-order valence-corrected chi connectivity index (χ4v) is 2.63. The number of ether oxygens (including phenoxy) is 1. The van der Waals surface area contributed by atoms with Gasteiger partial charge < -0.3 is 19.6 Å². The second-order valence-electron chi connectivity index (χ2n) is 6.19. The number of phenols is 1. The lowest BCUT2D eigenvalue weighted by molar-refractivity contribution is -0.128. The molecule has 1 aliphatic rings. The first-order valence-corrected chi connectivity index (χ1v) is 8.02. The number of aromatic hydroxyl groups is 1. The summed E-state index contributed by atoms with van der Waals surface area (Å²) < 4.78 is 5.54. The summed E-state index contributed by atoms with van der Waals surface area (Å²) >= 11 is 0. The number of hydrogen-bond acceptors (Lipinski definition) is 4. The molecule has 23 heavy (non-hydrogen) atoms. The van der Waals surface area contributed by atoms with Crippen molar-refractivity contribution >= 4 is 5.91 Å². The fraction of sp³-hybridized carbons (Fsp3) is 0.500. The van der Waals surface area contributed by atoms with Crippen LogP contribution in [0.4, 0.5) is 0 Å². The van der Waals surface area contributed by atoms with Crippen molar-refractivity contribution in [1.82, 2.24) is 9.80 Å². The third kappa shape index (κ3) is 4.99. The molecule has 1 amide bonds. The molecular formula is C18H26N2O3. The zero-order chi connectivity index (χ0) is 16.8. The van der Waals surface area contributed by atoms with Crippen LogP contribution >= 0.6 is 0 Å². The smallest absolute Gasteiger partial charge is 0.253 e. The van der Waals surface area contributed by atoms with Gasteiger partial charge in [-0.25, -0.2) is 0 Å². The summed E-state index contributed by atoms with van der Waals surface area (Å²) in [7, 11) is 3.98. The lowest BCUT2D eigenvalue weighted by Crippen LogP contribution is -2.38. The Morgan fingerprint density at radius 2 is 2.09 bits per heavy atom. The van der Waals surface area contributed by atoms with Crippen LogP contribution in [0.5, 0.6) is 5.75 Å². The number of phenolic OH excluding ortho intramolecular Hbond substituents is 1. The van der Waals surface area contributed by atoms with E-state index in [-0.39, 0.29) is 11.7 Å². The lowest BCUT2D eigenvalue weighted by atomic mass is 10.0. The highest BCUT2D eigenvalue weighted by Gasteiger charge is 2.23. The molecule has 1 heterocycles. The first kappa shape index (κ1) is 17.3. The van der Waals surface area contributed by atoms with E-state index in [0.717, 1.165) is 36.3 Å². The van der Waals surface area contributed by atoms with E-state index in [4.69, 9.17) is 4.74 Å². The molecule has 0 saturated heterocycles. The molecular weight excluding hydrogens is 292 g/mol. The molecule has 0 bridgehead atoms. The summed E-state index contributed by atoms with van der Waals surface area (Å²) in [5.74, 6) is 0.998. The Morgan fingerprint density at radius 1 is 1.30 bits per heavy atom. The summed E-state index contributed by atoms with van der Waals surface area (Å²) in [6, 6.07) is 7.06. The van der Waals surface area contributed by atoms with Crippen molar-refractivity contribution in [3.8, 4) is 5.75 Å². The van der Waals surface area contributed by atoms with Crippen LogP contribution in [0, 0.1) is 0 Å². The van der Waals surface area contributed by atoms with Crippen molar-refractivity contribution in [3.63, 3.8) is 0 Å². The summed E-state index contributed by atoms with van der Waals surface area (Å²) in [6.45, 7) is 4.46. The van der Waals surface area contributed by atoms with Gasteiger partial charge in [-0.15, -0.1) is 0 Å². The maximum Gasteiger partial charge on any atom is 0.253 e. The van der Waals surface area contributed by atoms with Crippen LogP contribution in [0.25, 0.3) is 0 Å². The number of carbonyl (C=O) groups is 1. The van der Waals surface area contributed by atoms with Gasteiger partial charge in [0.1, 0.15) is 11.5 Å². The lowest BCUT2D eigenvalue weighted by Gasteiger charge is -2.28. The van der Waals surface area contributed by atoms with Crippen LogP contribution in [0.1, 0.15) is 25.3 Å². The highest BCUT2D eigenvalue weighted by Crippen LogP contribution is 2.22. The molecule has 1 aliphatic heterocycles. The van der Waals surface area contributed by atoms with Gasteiger partial charge in [-0.2, -0.15) is 0 Å². The minimum Gasteiger partial charge on any atom is -0.508 e. The van der Waals surface area contributed by atoms with Gasteiger partial charge in [-0.1, -0.05) is 12.1 Å². The average Bonchev–Trinajstić information content (AvgIpc) is 2.51. The van der Waals surface area contributed by atoms with Crippen LogP contribution < -0.4 is 0 Å². The van der Waals surface area contributed by atoms with E-state index in [1.54, 1.807) is 18.2 Å². The highest BCUT2D eigenvalue weighted by atomic mass is 16.5. The van der Waals surface area contributed by atoms with Gasteiger partial charge in [0.15, 0.2) is 0 Å². The zero-order valence-corrected chi connectivity index (χ0v) is 14.2. The van der Waals surface area contributed by atoms with Crippen molar-refractivity contribution in [2.24, 2.45) is 0 Å². The molecule has 1 N–H and O–H groups in total. The second kappa shape index (κ2) is 8.02. The molecule has 0 fully saturated rings. The monoisotopic (exact) mass is 318 g/mol. The van der Waals surface area contributed by atoms with Crippen LogP contribution in [0.2, 0.25) is 0 Å². The van der Waals surface area contributed by atoms with E-state index in [2.05, 4.69) is 4.90 Å². The van der Waals surface area contributed by atoms with Crippen LogP contribution in [0.15, 0.2) is 35.6 Å². The van der Waals surface area contributed by atoms with E-state index >= 15 is 0 Å². The molecule has 5 nitrogen and oxygen atoms in total. The molecule has 1 aromatic rings. The SMILES string of the molecule is CC1=C(C(=O)N(CCN(C)C)Cc2cccc(O)c2)CCCO1. The topological polar surface area (TPSA) is 53.0 Å². The van der Waals surface area contributed by atoms with Gasteiger partial charge in [0.05, 0.1) is 12.2 Å². The number of allylic oxidation sites excluding steroid dienone is 1. The number of hydrogen-bond donors (Lipinski definition) is 1. The summed E-state index contributed by atoms with van der Waals surface area (Å²) in [6.07, 6.45) is 1.65. The molecule has 2 rings (SSSR count). The third-order valence-electron chi connectivity index (χ3n) is 3.96.